The molecule has 5 heteroatoms. The van der Waals surface area contributed by atoms with Crippen molar-refractivity contribution in [3.8, 4) is 0 Å². The molecule has 1 unspecified atom stereocenters. The van der Waals surface area contributed by atoms with Crippen molar-refractivity contribution < 1.29 is 9.90 Å². The van der Waals surface area contributed by atoms with Crippen LogP contribution in [0.3, 0.4) is 0 Å². The van der Waals surface area contributed by atoms with Gasteiger partial charge in [0.2, 0.25) is 0 Å². The van der Waals surface area contributed by atoms with Gasteiger partial charge in [0.05, 0.1) is 11.1 Å². The molecule has 0 aliphatic rings. The predicted octanol–water partition coefficient (Wildman–Crippen LogP) is 2.61. The standard InChI is InChI=1S/C13H21ClN2O2/c1-4-11(17)5-6-15-13(18)12-7-10(14)8-16(12)9(2)3/h7-9,11,17H,4-6H2,1-3H3,(H,15,18). The summed E-state index contributed by atoms with van der Waals surface area (Å²) in [7, 11) is 0. The Morgan fingerprint density at radius 3 is 2.78 bits per heavy atom. The number of aromatic nitrogens is 1. The topological polar surface area (TPSA) is 54.3 Å². The summed E-state index contributed by atoms with van der Waals surface area (Å²) in [5.74, 6) is -0.154. The number of hydrogen-bond acceptors (Lipinski definition) is 2. The van der Waals surface area contributed by atoms with Gasteiger partial charge >= 0.3 is 0 Å². The van der Waals surface area contributed by atoms with Crippen molar-refractivity contribution in [2.24, 2.45) is 0 Å². The Bertz CT molecular complexity index is 402. The van der Waals surface area contributed by atoms with Gasteiger partial charge in [-0.25, -0.2) is 0 Å². The molecule has 1 aromatic rings. The summed E-state index contributed by atoms with van der Waals surface area (Å²) in [4.78, 5) is 12.0. The number of amides is 1. The van der Waals surface area contributed by atoms with E-state index >= 15 is 0 Å². The van der Waals surface area contributed by atoms with E-state index in [2.05, 4.69) is 5.32 Å². The minimum atomic E-state index is -0.356. The quantitative estimate of drug-likeness (QED) is 0.836. The zero-order valence-corrected chi connectivity index (χ0v) is 11.9. The minimum Gasteiger partial charge on any atom is -0.393 e. The van der Waals surface area contributed by atoms with Gasteiger partial charge in [-0.2, -0.15) is 0 Å². The number of nitrogens with one attached hydrogen (secondary N) is 1. The van der Waals surface area contributed by atoms with E-state index in [0.717, 1.165) is 0 Å². The number of nitrogens with zero attached hydrogens (tertiary/aromatic N) is 1. The Kier molecular flexibility index (Phi) is 5.69. The van der Waals surface area contributed by atoms with Crippen LogP contribution in [0.15, 0.2) is 12.3 Å². The van der Waals surface area contributed by atoms with Crippen LogP contribution < -0.4 is 5.32 Å². The van der Waals surface area contributed by atoms with Gasteiger partial charge in [0.1, 0.15) is 5.69 Å². The van der Waals surface area contributed by atoms with Crippen LogP contribution in [0.4, 0.5) is 0 Å². The van der Waals surface area contributed by atoms with Gasteiger partial charge in [-0.05, 0) is 32.8 Å². The Labute approximate surface area is 113 Å². The summed E-state index contributed by atoms with van der Waals surface area (Å²) in [6.45, 7) is 6.37. The molecule has 18 heavy (non-hydrogen) atoms. The molecule has 0 radical (unpaired) electrons. The monoisotopic (exact) mass is 272 g/mol. The fourth-order valence-electron chi connectivity index (χ4n) is 1.70. The summed E-state index contributed by atoms with van der Waals surface area (Å²) in [6, 6.07) is 1.84. The van der Waals surface area contributed by atoms with Crippen molar-refractivity contribution in [3.05, 3.63) is 23.0 Å². The molecule has 102 valence electrons. The summed E-state index contributed by atoms with van der Waals surface area (Å²) in [5, 5.41) is 12.8. The number of halogens is 1. The summed E-state index contributed by atoms with van der Waals surface area (Å²) in [6.07, 6.45) is 2.66. The molecule has 0 saturated carbocycles. The molecule has 0 spiro atoms. The molecule has 0 aromatic carbocycles. The zero-order chi connectivity index (χ0) is 13.7. The Hall–Kier alpha value is -1.00. The maximum Gasteiger partial charge on any atom is 0.267 e. The second-order valence-corrected chi connectivity index (χ2v) is 5.09. The van der Waals surface area contributed by atoms with Crippen LogP contribution in [0.1, 0.15) is 50.1 Å². The third-order valence-electron chi connectivity index (χ3n) is 2.84. The van der Waals surface area contributed by atoms with Gasteiger partial charge in [-0.3, -0.25) is 4.79 Å². The zero-order valence-electron chi connectivity index (χ0n) is 11.1. The molecule has 4 nitrogen and oxygen atoms in total. The summed E-state index contributed by atoms with van der Waals surface area (Å²) < 4.78 is 1.84. The number of aliphatic hydroxyl groups excluding tert-OH is 1. The van der Waals surface area contributed by atoms with E-state index in [1.807, 2.05) is 25.3 Å². The summed E-state index contributed by atoms with van der Waals surface area (Å²) in [5.41, 5.74) is 0.556. The number of rotatable bonds is 6. The van der Waals surface area contributed by atoms with Gasteiger partial charge in [0.15, 0.2) is 0 Å². The molecule has 1 aromatic heterocycles. The fraction of sp³-hybridized carbons (Fsp3) is 0.615. The highest BCUT2D eigenvalue weighted by Crippen LogP contribution is 2.18. The second kappa shape index (κ2) is 6.81. The molecule has 0 aliphatic carbocycles. The van der Waals surface area contributed by atoms with E-state index in [9.17, 15) is 9.90 Å². The van der Waals surface area contributed by atoms with Crippen molar-refractivity contribution in [1.82, 2.24) is 9.88 Å². The average molecular weight is 273 g/mol. The number of aliphatic hydroxyl groups is 1. The van der Waals surface area contributed by atoms with Crippen molar-refractivity contribution in [1.29, 1.82) is 0 Å². The van der Waals surface area contributed by atoms with Crippen molar-refractivity contribution in [3.63, 3.8) is 0 Å². The normalized spacial score (nSPS) is 12.8. The van der Waals surface area contributed by atoms with E-state index in [-0.39, 0.29) is 18.1 Å². The average Bonchev–Trinajstić information content (AvgIpc) is 2.71. The van der Waals surface area contributed by atoms with Gasteiger partial charge < -0.3 is 15.0 Å². The van der Waals surface area contributed by atoms with E-state index in [1.54, 1.807) is 12.3 Å². The molecule has 2 N–H and O–H groups in total. The first-order valence-electron chi connectivity index (χ1n) is 6.29. The molecule has 0 bridgehead atoms. The van der Waals surface area contributed by atoms with Crippen molar-refractivity contribution in [2.75, 3.05) is 6.54 Å². The number of hydrogen-bond donors (Lipinski definition) is 2. The highest BCUT2D eigenvalue weighted by atomic mass is 35.5. The number of carbonyl (C=O) groups excluding carboxylic acids is 1. The first kappa shape index (κ1) is 15.1. The predicted molar refractivity (Wildman–Crippen MR) is 73.1 cm³/mol. The van der Waals surface area contributed by atoms with E-state index < -0.39 is 0 Å². The van der Waals surface area contributed by atoms with Crippen molar-refractivity contribution >= 4 is 17.5 Å². The molecule has 1 rings (SSSR count). The molecular weight excluding hydrogens is 252 g/mol. The number of carbonyl (C=O) groups is 1. The Morgan fingerprint density at radius 1 is 1.56 bits per heavy atom. The van der Waals surface area contributed by atoms with Gasteiger partial charge in [-0.15, -0.1) is 0 Å². The van der Waals surface area contributed by atoms with Crippen LogP contribution in [-0.4, -0.2) is 28.2 Å². The summed E-state index contributed by atoms with van der Waals surface area (Å²) >= 11 is 5.92. The first-order chi connectivity index (χ1) is 8.45. The van der Waals surface area contributed by atoms with Gasteiger partial charge in [0.25, 0.3) is 5.91 Å². The lowest BCUT2D eigenvalue weighted by Crippen LogP contribution is -2.29. The molecule has 0 fully saturated rings. The van der Waals surface area contributed by atoms with Gasteiger partial charge in [0, 0.05) is 18.8 Å². The van der Waals surface area contributed by atoms with Crippen LogP contribution in [0.5, 0.6) is 0 Å². The van der Waals surface area contributed by atoms with Crippen LogP contribution >= 0.6 is 11.6 Å². The minimum absolute atomic E-state index is 0.154. The van der Waals surface area contributed by atoms with Crippen LogP contribution in [0.25, 0.3) is 0 Å². The molecule has 0 aliphatic heterocycles. The lowest BCUT2D eigenvalue weighted by molar-refractivity contribution is 0.0931. The third kappa shape index (κ3) is 4.03. The first-order valence-corrected chi connectivity index (χ1v) is 6.67. The second-order valence-electron chi connectivity index (χ2n) is 4.65. The van der Waals surface area contributed by atoms with E-state index in [4.69, 9.17) is 11.6 Å². The van der Waals surface area contributed by atoms with E-state index in [0.29, 0.717) is 30.1 Å². The highest BCUT2D eigenvalue weighted by molar-refractivity contribution is 6.31. The molecule has 1 atom stereocenters. The van der Waals surface area contributed by atoms with Crippen LogP contribution in [0.2, 0.25) is 5.02 Å². The Morgan fingerprint density at radius 2 is 2.22 bits per heavy atom. The largest absolute Gasteiger partial charge is 0.393 e. The van der Waals surface area contributed by atoms with Gasteiger partial charge in [-0.1, -0.05) is 18.5 Å². The van der Waals surface area contributed by atoms with Crippen LogP contribution in [0, 0.1) is 0 Å². The lowest BCUT2D eigenvalue weighted by atomic mass is 10.2. The van der Waals surface area contributed by atoms with Crippen molar-refractivity contribution in [2.45, 2.75) is 45.8 Å². The molecular formula is C13H21ClN2O2. The maximum atomic E-state index is 12.0. The fourth-order valence-corrected chi connectivity index (χ4v) is 1.91. The Balaban J connectivity index is 2.61. The lowest BCUT2D eigenvalue weighted by Gasteiger charge is -2.13. The molecule has 0 saturated heterocycles. The van der Waals surface area contributed by atoms with Crippen LogP contribution in [-0.2, 0) is 0 Å². The smallest absolute Gasteiger partial charge is 0.267 e. The third-order valence-corrected chi connectivity index (χ3v) is 3.05. The van der Waals surface area contributed by atoms with E-state index in [1.165, 1.54) is 0 Å². The highest BCUT2D eigenvalue weighted by Gasteiger charge is 2.14. The molecule has 1 amide bonds. The SMILES string of the molecule is CCC(O)CCNC(=O)c1cc(Cl)cn1C(C)C. The maximum absolute atomic E-state index is 12.0. The molecule has 1 heterocycles.